The predicted octanol–water partition coefficient (Wildman–Crippen LogP) is 2.50. The SMILES string of the molecule is CC(C)COc1ccccc1NC1CCNC1. The first-order valence-electron chi connectivity index (χ1n) is 6.45. The number of anilines is 1. The zero-order chi connectivity index (χ0) is 12.1. The quantitative estimate of drug-likeness (QED) is 0.821. The van der Waals surface area contributed by atoms with E-state index in [1.165, 1.54) is 6.42 Å². The maximum atomic E-state index is 5.83. The summed E-state index contributed by atoms with van der Waals surface area (Å²) in [6.45, 7) is 7.24. The molecule has 1 fully saturated rings. The van der Waals surface area contributed by atoms with Gasteiger partial charge in [-0.1, -0.05) is 26.0 Å². The van der Waals surface area contributed by atoms with Crippen molar-refractivity contribution >= 4 is 5.69 Å². The Morgan fingerprint density at radius 2 is 2.24 bits per heavy atom. The molecule has 0 aliphatic carbocycles. The van der Waals surface area contributed by atoms with Crippen LogP contribution in [0.3, 0.4) is 0 Å². The fourth-order valence-electron chi connectivity index (χ4n) is 1.97. The molecule has 0 spiro atoms. The van der Waals surface area contributed by atoms with Crippen LogP contribution in [0.4, 0.5) is 5.69 Å². The summed E-state index contributed by atoms with van der Waals surface area (Å²) < 4.78 is 5.83. The fraction of sp³-hybridized carbons (Fsp3) is 0.571. The van der Waals surface area contributed by atoms with E-state index >= 15 is 0 Å². The van der Waals surface area contributed by atoms with Gasteiger partial charge in [-0.05, 0) is 31.0 Å². The second-order valence-corrected chi connectivity index (χ2v) is 5.04. The highest BCUT2D eigenvalue weighted by Crippen LogP contribution is 2.25. The van der Waals surface area contributed by atoms with Crippen LogP contribution in [0.5, 0.6) is 5.75 Å². The van der Waals surface area contributed by atoms with Crippen LogP contribution in [0.25, 0.3) is 0 Å². The molecule has 0 amide bonds. The molecule has 1 aromatic rings. The molecule has 1 atom stereocenters. The Hall–Kier alpha value is -1.22. The molecule has 1 aliphatic rings. The smallest absolute Gasteiger partial charge is 0.142 e. The van der Waals surface area contributed by atoms with Crippen molar-refractivity contribution in [2.45, 2.75) is 26.3 Å². The van der Waals surface area contributed by atoms with Crippen molar-refractivity contribution in [3.05, 3.63) is 24.3 Å². The van der Waals surface area contributed by atoms with Gasteiger partial charge in [-0.3, -0.25) is 0 Å². The van der Waals surface area contributed by atoms with Gasteiger partial charge in [0, 0.05) is 12.6 Å². The van der Waals surface area contributed by atoms with Gasteiger partial charge in [0.1, 0.15) is 5.75 Å². The normalized spacial score (nSPS) is 19.6. The van der Waals surface area contributed by atoms with Crippen LogP contribution >= 0.6 is 0 Å². The highest BCUT2D eigenvalue weighted by atomic mass is 16.5. The van der Waals surface area contributed by atoms with Gasteiger partial charge in [-0.15, -0.1) is 0 Å². The average molecular weight is 234 g/mol. The summed E-state index contributed by atoms with van der Waals surface area (Å²) in [5, 5.41) is 6.90. The van der Waals surface area contributed by atoms with E-state index in [2.05, 4.69) is 30.5 Å². The van der Waals surface area contributed by atoms with Gasteiger partial charge in [0.05, 0.1) is 12.3 Å². The van der Waals surface area contributed by atoms with Crippen molar-refractivity contribution in [1.82, 2.24) is 5.32 Å². The lowest BCUT2D eigenvalue weighted by Gasteiger charge is -2.17. The molecule has 3 heteroatoms. The second kappa shape index (κ2) is 5.92. The first-order valence-corrected chi connectivity index (χ1v) is 6.45. The molecular weight excluding hydrogens is 212 g/mol. The molecule has 17 heavy (non-hydrogen) atoms. The molecule has 2 N–H and O–H groups in total. The molecule has 1 saturated heterocycles. The second-order valence-electron chi connectivity index (χ2n) is 5.04. The standard InChI is InChI=1S/C14H22N2O/c1-11(2)10-17-14-6-4-3-5-13(14)16-12-7-8-15-9-12/h3-6,11-12,15-16H,7-10H2,1-2H3. The van der Waals surface area contributed by atoms with E-state index in [1.54, 1.807) is 0 Å². The third-order valence-electron chi connectivity index (χ3n) is 2.88. The Morgan fingerprint density at radius 1 is 1.41 bits per heavy atom. The van der Waals surface area contributed by atoms with E-state index in [-0.39, 0.29) is 0 Å². The van der Waals surface area contributed by atoms with Crippen LogP contribution in [0.1, 0.15) is 20.3 Å². The minimum Gasteiger partial charge on any atom is -0.491 e. The first-order chi connectivity index (χ1) is 8.25. The average Bonchev–Trinajstić information content (AvgIpc) is 2.80. The van der Waals surface area contributed by atoms with Crippen molar-refractivity contribution < 1.29 is 4.74 Å². The van der Waals surface area contributed by atoms with Gasteiger partial charge < -0.3 is 15.4 Å². The maximum Gasteiger partial charge on any atom is 0.142 e. The minimum atomic E-state index is 0.527. The molecule has 94 valence electrons. The molecule has 1 heterocycles. The molecule has 1 aromatic carbocycles. The number of hydrogen-bond acceptors (Lipinski definition) is 3. The van der Waals surface area contributed by atoms with Crippen molar-refractivity contribution in [2.24, 2.45) is 5.92 Å². The number of nitrogens with one attached hydrogen (secondary N) is 2. The van der Waals surface area contributed by atoms with Crippen LogP contribution in [0, 0.1) is 5.92 Å². The van der Waals surface area contributed by atoms with Crippen molar-refractivity contribution in [3.8, 4) is 5.75 Å². The summed E-state index contributed by atoms with van der Waals surface area (Å²) in [4.78, 5) is 0. The summed E-state index contributed by atoms with van der Waals surface area (Å²) in [6.07, 6.45) is 1.18. The van der Waals surface area contributed by atoms with E-state index in [9.17, 15) is 0 Å². The summed E-state index contributed by atoms with van der Waals surface area (Å²) in [5.74, 6) is 1.52. The molecule has 0 bridgehead atoms. The topological polar surface area (TPSA) is 33.3 Å². The van der Waals surface area contributed by atoms with Gasteiger partial charge in [0.15, 0.2) is 0 Å². The van der Waals surface area contributed by atoms with Crippen LogP contribution in [-0.4, -0.2) is 25.7 Å². The summed E-state index contributed by atoms with van der Waals surface area (Å²) in [6, 6.07) is 8.72. The molecule has 1 aliphatic heterocycles. The number of rotatable bonds is 5. The lowest BCUT2D eigenvalue weighted by atomic mass is 10.2. The number of benzene rings is 1. The Labute approximate surface area is 104 Å². The lowest BCUT2D eigenvalue weighted by molar-refractivity contribution is 0.272. The van der Waals surface area contributed by atoms with Gasteiger partial charge in [0.2, 0.25) is 0 Å². The van der Waals surface area contributed by atoms with Crippen LogP contribution in [0.15, 0.2) is 24.3 Å². The summed E-state index contributed by atoms with van der Waals surface area (Å²) in [5.41, 5.74) is 1.11. The highest BCUT2D eigenvalue weighted by molar-refractivity contribution is 5.56. The Morgan fingerprint density at radius 3 is 2.94 bits per heavy atom. The monoisotopic (exact) mass is 234 g/mol. The zero-order valence-corrected chi connectivity index (χ0v) is 10.7. The third-order valence-corrected chi connectivity index (χ3v) is 2.88. The van der Waals surface area contributed by atoms with Crippen LogP contribution in [-0.2, 0) is 0 Å². The lowest BCUT2D eigenvalue weighted by Crippen LogP contribution is -2.22. The first kappa shape index (κ1) is 12.2. The van der Waals surface area contributed by atoms with Gasteiger partial charge in [0.25, 0.3) is 0 Å². The molecule has 0 saturated carbocycles. The van der Waals surface area contributed by atoms with E-state index in [4.69, 9.17) is 4.74 Å². The Bertz CT molecular complexity index is 346. The van der Waals surface area contributed by atoms with E-state index in [0.29, 0.717) is 12.0 Å². The highest BCUT2D eigenvalue weighted by Gasteiger charge is 2.15. The molecular formula is C14H22N2O. The van der Waals surface area contributed by atoms with Gasteiger partial charge >= 0.3 is 0 Å². The molecule has 2 rings (SSSR count). The summed E-state index contributed by atoms with van der Waals surface area (Å²) >= 11 is 0. The molecule has 0 aromatic heterocycles. The van der Waals surface area contributed by atoms with Gasteiger partial charge in [-0.25, -0.2) is 0 Å². The fourth-order valence-corrected chi connectivity index (χ4v) is 1.97. The molecule has 1 unspecified atom stereocenters. The van der Waals surface area contributed by atoms with Crippen LogP contribution < -0.4 is 15.4 Å². The van der Waals surface area contributed by atoms with Crippen molar-refractivity contribution in [3.63, 3.8) is 0 Å². The Kier molecular flexibility index (Phi) is 4.26. The van der Waals surface area contributed by atoms with E-state index in [1.807, 2.05) is 18.2 Å². The number of ether oxygens (including phenoxy) is 1. The maximum absolute atomic E-state index is 5.83. The number of hydrogen-bond donors (Lipinski definition) is 2. The Balaban J connectivity index is 1.99. The van der Waals surface area contributed by atoms with Crippen molar-refractivity contribution in [1.29, 1.82) is 0 Å². The predicted molar refractivity (Wildman–Crippen MR) is 71.7 cm³/mol. The molecule has 3 nitrogen and oxygen atoms in total. The number of para-hydroxylation sites is 2. The summed E-state index contributed by atoms with van der Waals surface area (Å²) in [7, 11) is 0. The zero-order valence-electron chi connectivity index (χ0n) is 10.7. The van der Waals surface area contributed by atoms with E-state index in [0.717, 1.165) is 31.1 Å². The van der Waals surface area contributed by atoms with E-state index < -0.39 is 0 Å². The van der Waals surface area contributed by atoms with Crippen LogP contribution in [0.2, 0.25) is 0 Å². The van der Waals surface area contributed by atoms with Gasteiger partial charge in [-0.2, -0.15) is 0 Å². The largest absolute Gasteiger partial charge is 0.491 e. The van der Waals surface area contributed by atoms with Crippen molar-refractivity contribution in [2.75, 3.05) is 25.0 Å². The minimum absolute atomic E-state index is 0.527. The molecule has 0 radical (unpaired) electrons. The third kappa shape index (κ3) is 3.63.